The van der Waals surface area contributed by atoms with Crippen molar-refractivity contribution in [2.75, 3.05) is 11.3 Å². The third-order valence-corrected chi connectivity index (χ3v) is 5.83. The van der Waals surface area contributed by atoms with Crippen molar-refractivity contribution in [1.82, 2.24) is 0 Å². The number of nitro benzene ring substituents is 1. The standard InChI is InChI=1S/C18H21BrN2O5S/c1-3-4-5-10-26-18-12-16(17(21(22)23)11-15(18)19)20-27(24,25)14-8-6-13(2)7-9-14/h6-9,11-12,20H,3-5,10H2,1-2H3. The molecule has 0 amide bonds. The van der Waals surface area contributed by atoms with Gasteiger partial charge in [0.2, 0.25) is 0 Å². The first kappa shape index (κ1) is 21.2. The molecule has 0 heterocycles. The lowest BCUT2D eigenvalue weighted by molar-refractivity contribution is -0.384. The van der Waals surface area contributed by atoms with Crippen LogP contribution in [0, 0.1) is 17.0 Å². The second kappa shape index (κ2) is 9.18. The van der Waals surface area contributed by atoms with Crippen LogP contribution in [-0.4, -0.2) is 19.9 Å². The van der Waals surface area contributed by atoms with Crippen LogP contribution in [0.3, 0.4) is 0 Å². The summed E-state index contributed by atoms with van der Waals surface area (Å²) in [6.07, 6.45) is 2.87. The Kier molecular flexibility index (Phi) is 7.20. The van der Waals surface area contributed by atoms with Gasteiger partial charge in [-0.2, -0.15) is 0 Å². The van der Waals surface area contributed by atoms with Crippen molar-refractivity contribution in [3.8, 4) is 5.75 Å². The van der Waals surface area contributed by atoms with E-state index in [1.807, 2.05) is 6.92 Å². The molecule has 7 nitrogen and oxygen atoms in total. The molecule has 0 radical (unpaired) electrons. The minimum Gasteiger partial charge on any atom is -0.492 e. The van der Waals surface area contributed by atoms with Gasteiger partial charge in [-0.1, -0.05) is 37.5 Å². The maximum absolute atomic E-state index is 12.6. The Bertz CT molecular complexity index is 914. The molecule has 2 aromatic rings. The van der Waals surface area contributed by atoms with E-state index in [4.69, 9.17) is 4.74 Å². The normalized spacial score (nSPS) is 11.2. The average Bonchev–Trinajstić information content (AvgIpc) is 2.60. The van der Waals surface area contributed by atoms with Crippen LogP contribution in [0.1, 0.15) is 31.7 Å². The summed E-state index contributed by atoms with van der Waals surface area (Å²) in [5.74, 6) is 0.346. The van der Waals surface area contributed by atoms with Crippen LogP contribution in [0.4, 0.5) is 11.4 Å². The Morgan fingerprint density at radius 2 is 1.85 bits per heavy atom. The van der Waals surface area contributed by atoms with Gasteiger partial charge in [0.25, 0.3) is 15.7 Å². The van der Waals surface area contributed by atoms with Gasteiger partial charge >= 0.3 is 0 Å². The van der Waals surface area contributed by atoms with E-state index in [2.05, 4.69) is 27.6 Å². The first-order chi connectivity index (χ1) is 12.7. The highest BCUT2D eigenvalue weighted by Crippen LogP contribution is 2.37. The molecular weight excluding hydrogens is 436 g/mol. The lowest BCUT2D eigenvalue weighted by atomic mass is 10.2. The van der Waals surface area contributed by atoms with Crippen molar-refractivity contribution in [2.45, 2.75) is 38.0 Å². The third kappa shape index (κ3) is 5.67. The molecule has 146 valence electrons. The molecule has 2 rings (SSSR count). The molecule has 1 N–H and O–H groups in total. The first-order valence-corrected chi connectivity index (χ1v) is 10.7. The average molecular weight is 457 g/mol. The van der Waals surface area contributed by atoms with Gasteiger partial charge < -0.3 is 4.74 Å². The summed E-state index contributed by atoms with van der Waals surface area (Å²) >= 11 is 3.24. The molecule has 0 saturated heterocycles. The van der Waals surface area contributed by atoms with E-state index in [0.717, 1.165) is 24.8 Å². The molecule has 0 aliphatic carbocycles. The number of unbranched alkanes of at least 4 members (excludes halogenated alkanes) is 2. The van der Waals surface area contributed by atoms with Crippen LogP contribution in [0.25, 0.3) is 0 Å². The number of nitrogens with one attached hydrogen (secondary N) is 1. The number of rotatable bonds is 9. The molecule has 0 bridgehead atoms. The van der Waals surface area contributed by atoms with Crippen LogP contribution >= 0.6 is 15.9 Å². The van der Waals surface area contributed by atoms with Gasteiger partial charge in [0, 0.05) is 12.1 Å². The van der Waals surface area contributed by atoms with Crippen LogP contribution in [-0.2, 0) is 10.0 Å². The quantitative estimate of drug-likeness (QED) is 0.323. The molecule has 0 atom stereocenters. The number of ether oxygens (including phenoxy) is 1. The highest BCUT2D eigenvalue weighted by atomic mass is 79.9. The number of anilines is 1. The Balaban J connectivity index is 2.35. The zero-order valence-corrected chi connectivity index (χ0v) is 17.5. The monoisotopic (exact) mass is 456 g/mol. The van der Waals surface area contributed by atoms with Gasteiger partial charge in [-0.3, -0.25) is 14.8 Å². The number of nitrogens with zero attached hydrogens (tertiary/aromatic N) is 1. The molecule has 27 heavy (non-hydrogen) atoms. The molecular formula is C18H21BrN2O5S. The molecule has 0 aromatic heterocycles. The molecule has 0 aliphatic heterocycles. The minimum absolute atomic E-state index is 0.0238. The Morgan fingerprint density at radius 1 is 1.19 bits per heavy atom. The van der Waals surface area contributed by atoms with Crippen molar-refractivity contribution in [3.05, 3.63) is 56.5 Å². The van der Waals surface area contributed by atoms with Crippen molar-refractivity contribution in [2.24, 2.45) is 0 Å². The van der Waals surface area contributed by atoms with Crippen LogP contribution in [0.15, 0.2) is 45.8 Å². The van der Waals surface area contributed by atoms with E-state index >= 15 is 0 Å². The van der Waals surface area contributed by atoms with E-state index in [1.54, 1.807) is 12.1 Å². The lowest BCUT2D eigenvalue weighted by Gasteiger charge is -2.13. The topological polar surface area (TPSA) is 98.5 Å². The zero-order chi connectivity index (χ0) is 20.0. The van der Waals surface area contributed by atoms with Gasteiger partial charge in [-0.25, -0.2) is 8.42 Å². The molecule has 2 aromatic carbocycles. The van der Waals surface area contributed by atoms with Gasteiger partial charge in [0.05, 0.1) is 20.9 Å². The van der Waals surface area contributed by atoms with Gasteiger partial charge in [0.1, 0.15) is 11.4 Å². The number of hydrogen-bond acceptors (Lipinski definition) is 5. The van der Waals surface area contributed by atoms with Gasteiger partial charge in [-0.15, -0.1) is 0 Å². The number of hydrogen-bond donors (Lipinski definition) is 1. The second-order valence-electron chi connectivity index (χ2n) is 6.03. The number of aryl methyl sites for hydroxylation is 1. The molecule has 0 aliphatic rings. The third-order valence-electron chi connectivity index (χ3n) is 3.83. The van der Waals surface area contributed by atoms with Crippen molar-refractivity contribution in [1.29, 1.82) is 0 Å². The maximum Gasteiger partial charge on any atom is 0.294 e. The highest BCUT2D eigenvalue weighted by Gasteiger charge is 2.23. The fraction of sp³-hybridized carbons (Fsp3) is 0.333. The number of benzene rings is 2. The lowest BCUT2D eigenvalue weighted by Crippen LogP contribution is -2.14. The van der Waals surface area contributed by atoms with E-state index in [1.165, 1.54) is 24.3 Å². The Labute approximate surface area is 167 Å². The van der Waals surface area contributed by atoms with Crippen LogP contribution in [0.2, 0.25) is 0 Å². The minimum atomic E-state index is -3.97. The van der Waals surface area contributed by atoms with Crippen LogP contribution < -0.4 is 9.46 Å². The summed E-state index contributed by atoms with van der Waals surface area (Å²) in [5.41, 5.74) is 0.402. The van der Waals surface area contributed by atoms with Gasteiger partial charge in [0.15, 0.2) is 0 Å². The van der Waals surface area contributed by atoms with Gasteiger partial charge in [-0.05, 0) is 41.4 Å². The number of sulfonamides is 1. The predicted octanol–water partition coefficient (Wildman–Crippen LogP) is 5.04. The summed E-state index contributed by atoms with van der Waals surface area (Å²) < 4.78 is 33.5. The summed E-state index contributed by atoms with van der Waals surface area (Å²) in [7, 11) is -3.97. The Morgan fingerprint density at radius 3 is 2.44 bits per heavy atom. The smallest absolute Gasteiger partial charge is 0.294 e. The summed E-state index contributed by atoms with van der Waals surface area (Å²) in [6, 6.07) is 8.79. The SMILES string of the molecule is CCCCCOc1cc(NS(=O)(=O)c2ccc(C)cc2)c([N+](=O)[O-])cc1Br. The number of halogens is 1. The van der Waals surface area contributed by atoms with Crippen molar-refractivity contribution in [3.63, 3.8) is 0 Å². The summed E-state index contributed by atoms with van der Waals surface area (Å²) in [5, 5.41) is 11.4. The van der Waals surface area contributed by atoms with E-state index in [0.29, 0.717) is 16.8 Å². The predicted molar refractivity (Wildman–Crippen MR) is 108 cm³/mol. The highest BCUT2D eigenvalue weighted by molar-refractivity contribution is 9.10. The fourth-order valence-electron chi connectivity index (χ4n) is 2.34. The van der Waals surface area contributed by atoms with E-state index < -0.39 is 14.9 Å². The molecule has 0 spiro atoms. The fourth-order valence-corrected chi connectivity index (χ4v) is 3.85. The van der Waals surface area contributed by atoms with E-state index in [-0.39, 0.29) is 16.3 Å². The molecule has 0 fully saturated rings. The maximum atomic E-state index is 12.6. The van der Waals surface area contributed by atoms with E-state index in [9.17, 15) is 18.5 Å². The largest absolute Gasteiger partial charge is 0.492 e. The van der Waals surface area contributed by atoms with Crippen molar-refractivity contribution >= 4 is 37.3 Å². The molecule has 0 unspecified atom stereocenters. The Hall–Kier alpha value is -2.13. The zero-order valence-electron chi connectivity index (χ0n) is 15.1. The number of nitro groups is 1. The second-order valence-corrected chi connectivity index (χ2v) is 8.57. The van der Waals surface area contributed by atoms with Crippen molar-refractivity contribution < 1.29 is 18.1 Å². The molecule has 0 saturated carbocycles. The van der Waals surface area contributed by atoms with Crippen LogP contribution in [0.5, 0.6) is 5.75 Å². The summed E-state index contributed by atoms with van der Waals surface area (Å²) in [4.78, 5) is 10.7. The summed E-state index contributed by atoms with van der Waals surface area (Å²) in [6.45, 7) is 4.35. The molecule has 9 heteroatoms. The first-order valence-electron chi connectivity index (χ1n) is 8.45.